The number of rotatable bonds is 5. The summed E-state index contributed by atoms with van der Waals surface area (Å²) < 4.78 is 33.5. The normalized spacial score (nSPS) is 16.8. The molecule has 1 fully saturated rings. The van der Waals surface area contributed by atoms with Gasteiger partial charge in [-0.3, -0.25) is 9.52 Å². The van der Waals surface area contributed by atoms with Gasteiger partial charge in [0.25, 0.3) is 15.9 Å². The minimum absolute atomic E-state index is 0.0464. The minimum atomic E-state index is -3.94. The van der Waals surface area contributed by atoms with Gasteiger partial charge in [0.05, 0.1) is 5.02 Å². The third-order valence-electron chi connectivity index (χ3n) is 4.48. The smallest absolute Gasteiger partial charge is 0.263 e. The lowest BCUT2D eigenvalue weighted by atomic mass is 10.2. The average Bonchev–Trinajstić information content (AvgIpc) is 3.16. The van der Waals surface area contributed by atoms with Crippen LogP contribution in [-0.4, -0.2) is 27.0 Å². The molecule has 1 heterocycles. The molecule has 150 valence electrons. The fraction of sp³-hybridized carbons (Fsp3) is 0.316. The lowest BCUT2D eigenvalue weighted by molar-refractivity contribution is -0.124. The summed E-state index contributed by atoms with van der Waals surface area (Å²) in [7, 11) is -3.94. The SMILES string of the molecule is Cc1cc(Cl)c(C)c(S(=O)(=O)Nc2ccc(NC(=O)[C@@H]3CCCO3)cc2)c1Cl. The number of amides is 1. The molecule has 1 aliphatic heterocycles. The molecule has 2 aromatic carbocycles. The van der Waals surface area contributed by atoms with E-state index >= 15 is 0 Å². The number of carbonyl (C=O) groups excluding carboxylic acids is 1. The van der Waals surface area contributed by atoms with Crippen LogP contribution >= 0.6 is 23.2 Å². The van der Waals surface area contributed by atoms with Crippen molar-refractivity contribution in [1.29, 1.82) is 0 Å². The number of aryl methyl sites for hydroxylation is 1. The molecule has 0 saturated carbocycles. The second-order valence-corrected chi connectivity index (χ2v) is 9.02. The molecule has 1 saturated heterocycles. The molecular formula is C19H20Cl2N2O4S. The van der Waals surface area contributed by atoms with E-state index < -0.39 is 16.1 Å². The molecule has 0 aliphatic carbocycles. The van der Waals surface area contributed by atoms with Crippen LogP contribution in [0.2, 0.25) is 10.0 Å². The fourth-order valence-corrected chi connectivity index (χ4v) is 5.24. The summed E-state index contributed by atoms with van der Waals surface area (Å²) in [4.78, 5) is 12.0. The third kappa shape index (κ3) is 4.43. The molecule has 28 heavy (non-hydrogen) atoms. The standard InChI is InChI=1S/C19H20Cl2N2O4S/c1-11-10-15(20)12(2)18(17(11)21)28(25,26)23-14-7-5-13(6-8-14)22-19(24)16-4-3-9-27-16/h5-8,10,16,23H,3-4,9H2,1-2H3,(H,22,24)/t16-/m0/s1. The van der Waals surface area contributed by atoms with Crippen LogP contribution in [0.1, 0.15) is 24.0 Å². The Bertz CT molecular complexity index is 975. The Labute approximate surface area is 174 Å². The summed E-state index contributed by atoms with van der Waals surface area (Å²) in [6.45, 7) is 3.88. The van der Waals surface area contributed by atoms with Crippen LogP contribution in [0.25, 0.3) is 0 Å². The number of ether oxygens (including phenoxy) is 1. The number of hydrogen-bond donors (Lipinski definition) is 2. The number of halogens is 2. The average molecular weight is 443 g/mol. The molecule has 1 atom stereocenters. The third-order valence-corrected chi connectivity index (χ3v) is 7.03. The Morgan fingerprint density at radius 2 is 1.79 bits per heavy atom. The van der Waals surface area contributed by atoms with Crippen LogP contribution in [0.4, 0.5) is 11.4 Å². The van der Waals surface area contributed by atoms with Gasteiger partial charge in [0.1, 0.15) is 11.0 Å². The molecule has 0 aromatic heterocycles. The van der Waals surface area contributed by atoms with Gasteiger partial charge < -0.3 is 10.1 Å². The fourth-order valence-electron chi connectivity index (χ4n) is 2.97. The Kier molecular flexibility index (Phi) is 6.19. The maximum absolute atomic E-state index is 12.8. The van der Waals surface area contributed by atoms with E-state index in [0.717, 1.165) is 6.42 Å². The second-order valence-electron chi connectivity index (χ2n) is 6.62. The first-order valence-electron chi connectivity index (χ1n) is 8.69. The second kappa shape index (κ2) is 8.29. The molecule has 2 aromatic rings. The zero-order valence-electron chi connectivity index (χ0n) is 15.4. The van der Waals surface area contributed by atoms with Gasteiger partial charge in [0.2, 0.25) is 0 Å². The van der Waals surface area contributed by atoms with Gasteiger partial charge in [0.15, 0.2) is 0 Å². The van der Waals surface area contributed by atoms with Gasteiger partial charge in [-0.25, -0.2) is 8.42 Å². The quantitative estimate of drug-likeness (QED) is 0.711. The Hall–Kier alpha value is -1.80. The first-order chi connectivity index (χ1) is 13.2. The van der Waals surface area contributed by atoms with E-state index in [9.17, 15) is 13.2 Å². The van der Waals surface area contributed by atoms with Crippen LogP contribution in [0, 0.1) is 13.8 Å². The van der Waals surface area contributed by atoms with Crippen molar-refractivity contribution in [2.75, 3.05) is 16.6 Å². The molecule has 0 spiro atoms. The molecule has 3 rings (SSSR count). The molecule has 0 radical (unpaired) electrons. The summed E-state index contributed by atoms with van der Waals surface area (Å²) in [5, 5.41) is 3.22. The number of hydrogen-bond acceptors (Lipinski definition) is 4. The van der Waals surface area contributed by atoms with Crippen molar-refractivity contribution in [2.24, 2.45) is 0 Å². The lowest BCUT2D eigenvalue weighted by Crippen LogP contribution is -2.26. The molecule has 0 bridgehead atoms. The summed E-state index contributed by atoms with van der Waals surface area (Å²) in [6.07, 6.45) is 1.13. The number of anilines is 2. The zero-order chi connectivity index (χ0) is 20.5. The maximum atomic E-state index is 12.8. The summed E-state index contributed by atoms with van der Waals surface area (Å²) >= 11 is 12.4. The highest BCUT2D eigenvalue weighted by atomic mass is 35.5. The molecule has 0 unspecified atom stereocenters. The van der Waals surface area contributed by atoms with E-state index in [1.165, 1.54) is 0 Å². The topological polar surface area (TPSA) is 84.5 Å². The van der Waals surface area contributed by atoms with Gasteiger partial charge in [-0.15, -0.1) is 0 Å². The van der Waals surface area contributed by atoms with Gasteiger partial charge in [0, 0.05) is 23.0 Å². The number of nitrogens with one attached hydrogen (secondary N) is 2. The van der Waals surface area contributed by atoms with Crippen LogP contribution < -0.4 is 10.0 Å². The number of benzene rings is 2. The van der Waals surface area contributed by atoms with Crippen molar-refractivity contribution >= 4 is 50.5 Å². The number of carbonyl (C=O) groups is 1. The molecular weight excluding hydrogens is 423 g/mol. The van der Waals surface area contributed by atoms with E-state index in [0.29, 0.717) is 40.6 Å². The van der Waals surface area contributed by atoms with Gasteiger partial charge in [-0.1, -0.05) is 23.2 Å². The number of sulfonamides is 1. The van der Waals surface area contributed by atoms with Crippen molar-refractivity contribution in [3.8, 4) is 0 Å². The highest BCUT2D eigenvalue weighted by molar-refractivity contribution is 7.93. The zero-order valence-corrected chi connectivity index (χ0v) is 17.7. The van der Waals surface area contributed by atoms with Gasteiger partial charge in [-0.05, 0) is 68.1 Å². The van der Waals surface area contributed by atoms with Gasteiger partial charge >= 0.3 is 0 Å². The summed E-state index contributed by atoms with van der Waals surface area (Å²) in [5.41, 5.74) is 1.84. The van der Waals surface area contributed by atoms with Crippen molar-refractivity contribution in [3.05, 3.63) is 51.5 Å². The monoisotopic (exact) mass is 442 g/mol. The van der Waals surface area contributed by atoms with E-state index in [1.807, 2.05) is 0 Å². The van der Waals surface area contributed by atoms with Crippen LogP contribution in [0.15, 0.2) is 35.2 Å². The van der Waals surface area contributed by atoms with E-state index in [4.69, 9.17) is 27.9 Å². The van der Waals surface area contributed by atoms with Crippen molar-refractivity contribution < 1.29 is 17.9 Å². The van der Waals surface area contributed by atoms with E-state index in [1.54, 1.807) is 44.2 Å². The highest BCUT2D eigenvalue weighted by Gasteiger charge is 2.25. The highest BCUT2D eigenvalue weighted by Crippen LogP contribution is 2.34. The maximum Gasteiger partial charge on any atom is 0.263 e. The molecule has 9 heteroatoms. The first kappa shape index (κ1) is 20.9. The largest absolute Gasteiger partial charge is 0.368 e. The summed E-state index contributed by atoms with van der Waals surface area (Å²) in [6, 6.07) is 7.97. The Morgan fingerprint density at radius 1 is 1.14 bits per heavy atom. The summed E-state index contributed by atoms with van der Waals surface area (Å²) in [5.74, 6) is -0.206. The minimum Gasteiger partial charge on any atom is -0.368 e. The van der Waals surface area contributed by atoms with E-state index in [2.05, 4.69) is 10.0 Å². The van der Waals surface area contributed by atoms with Crippen molar-refractivity contribution in [1.82, 2.24) is 0 Å². The predicted octanol–water partition coefficient (Wildman–Crippen LogP) is 4.53. The molecule has 1 aliphatic rings. The molecule has 1 amide bonds. The molecule has 2 N–H and O–H groups in total. The lowest BCUT2D eigenvalue weighted by Gasteiger charge is -2.15. The Balaban J connectivity index is 1.77. The van der Waals surface area contributed by atoms with E-state index in [-0.39, 0.29) is 15.8 Å². The van der Waals surface area contributed by atoms with Crippen LogP contribution in [0.5, 0.6) is 0 Å². The van der Waals surface area contributed by atoms with Crippen LogP contribution in [-0.2, 0) is 19.6 Å². The molecule has 6 nitrogen and oxygen atoms in total. The van der Waals surface area contributed by atoms with Crippen molar-refractivity contribution in [3.63, 3.8) is 0 Å². The van der Waals surface area contributed by atoms with Crippen LogP contribution in [0.3, 0.4) is 0 Å². The van der Waals surface area contributed by atoms with Crippen molar-refractivity contribution in [2.45, 2.75) is 37.7 Å². The Morgan fingerprint density at radius 3 is 2.39 bits per heavy atom. The first-order valence-corrected chi connectivity index (χ1v) is 10.9. The van der Waals surface area contributed by atoms with Gasteiger partial charge in [-0.2, -0.15) is 0 Å². The predicted molar refractivity (Wildman–Crippen MR) is 111 cm³/mol.